The first kappa shape index (κ1) is 14.9. The SMILES string of the molecule is CC(=O)NCCC(O)C(O)c1cnc(Cl)cc1C. The van der Waals surface area contributed by atoms with Gasteiger partial charge in [0.25, 0.3) is 0 Å². The molecule has 5 nitrogen and oxygen atoms in total. The van der Waals surface area contributed by atoms with Crippen molar-refractivity contribution < 1.29 is 15.0 Å². The molecule has 1 aromatic heterocycles. The smallest absolute Gasteiger partial charge is 0.216 e. The summed E-state index contributed by atoms with van der Waals surface area (Å²) in [5.74, 6) is -0.166. The van der Waals surface area contributed by atoms with Gasteiger partial charge in [0.2, 0.25) is 5.91 Å². The molecule has 1 amide bonds. The van der Waals surface area contributed by atoms with Gasteiger partial charge < -0.3 is 15.5 Å². The van der Waals surface area contributed by atoms with Crippen LogP contribution in [0.1, 0.15) is 30.6 Å². The number of nitrogens with zero attached hydrogens (tertiary/aromatic N) is 1. The largest absolute Gasteiger partial charge is 0.390 e. The van der Waals surface area contributed by atoms with Gasteiger partial charge in [0.05, 0.1) is 6.10 Å². The van der Waals surface area contributed by atoms with Crippen molar-refractivity contribution in [2.45, 2.75) is 32.5 Å². The third kappa shape index (κ3) is 4.25. The zero-order valence-electron chi connectivity index (χ0n) is 10.4. The molecule has 0 fully saturated rings. The third-order valence-electron chi connectivity index (χ3n) is 2.62. The Morgan fingerprint density at radius 1 is 1.56 bits per heavy atom. The van der Waals surface area contributed by atoms with Crippen molar-refractivity contribution in [2.24, 2.45) is 0 Å². The fourth-order valence-corrected chi connectivity index (χ4v) is 1.82. The van der Waals surface area contributed by atoms with Crippen LogP contribution in [-0.4, -0.2) is 33.8 Å². The Kier molecular flexibility index (Phi) is 5.53. The van der Waals surface area contributed by atoms with Crippen LogP contribution < -0.4 is 5.32 Å². The number of aryl methyl sites for hydroxylation is 1. The molecule has 0 saturated heterocycles. The van der Waals surface area contributed by atoms with Gasteiger partial charge in [0.15, 0.2) is 0 Å². The number of aliphatic hydroxyl groups excluding tert-OH is 2. The van der Waals surface area contributed by atoms with Crippen LogP contribution in [-0.2, 0) is 4.79 Å². The fraction of sp³-hybridized carbons (Fsp3) is 0.500. The summed E-state index contributed by atoms with van der Waals surface area (Å²) in [5.41, 5.74) is 1.30. The molecule has 0 aliphatic carbocycles. The Hall–Kier alpha value is -1.17. The van der Waals surface area contributed by atoms with Crippen LogP contribution in [0, 0.1) is 6.92 Å². The average molecular weight is 273 g/mol. The van der Waals surface area contributed by atoms with E-state index in [9.17, 15) is 15.0 Å². The number of aliphatic hydroxyl groups is 2. The molecule has 2 unspecified atom stereocenters. The quantitative estimate of drug-likeness (QED) is 0.698. The molecule has 0 bridgehead atoms. The van der Waals surface area contributed by atoms with E-state index in [-0.39, 0.29) is 12.3 Å². The predicted molar refractivity (Wildman–Crippen MR) is 68.3 cm³/mol. The van der Waals surface area contributed by atoms with Crippen molar-refractivity contribution in [1.82, 2.24) is 10.3 Å². The molecular weight excluding hydrogens is 256 g/mol. The minimum atomic E-state index is -1.04. The zero-order valence-corrected chi connectivity index (χ0v) is 11.1. The van der Waals surface area contributed by atoms with Crippen LogP contribution in [0.5, 0.6) is 0 Å². The minimum absolute atomic E-state index is 0.166. The number of hydrogen-bond acceptors (Lipinski definition) is 4. The Labute approximate surface area is 111 Å². The third-order valence-corrected chi connectivity index (χ3v) is 2.82. The summed E-state index contributed by atoms with van der Waals surface area (Å²) in [6.45, 7) is 3.50. The Balaban J connectivity index is 2.62. The highest BCUT2D eigenvalue weighted by Gasteiger charge is 2.20. The Morgan fingerprint density at radius 3 is 2.78 bits per heavy atom. The first-order valence-corrected chi connectivity index (χ1v) is 6.02. The van der Waals surface area contributed by atoms with Crippen molar-refractivity contribution in [3.63, 3.8) is 0 Å². The number of carbonyl (C=O) groups excluding carboxylic acids is 1. The first-order chi connectivity index (χ1) is 8.41. The predicted octanol–water partition coefficient (Wildman–Crippen LogP) is 0.964. The topological polar surface area (TPSA) is 82.5 Å². The van der Waals surface area contributed by atoms with Gasteiger partial charge in [-0.3, -0.25) is 4.79 Å². The summed E-state index contributed by atoms with van der Waals surface area (Å²) in [5, 5.41) is 22.7. The van der Waals surface area contributed by atoms with Crippen LogP contribution in [0.4, 0.5) is 0 Å². The highest BCUT2D eigenvalue weighted by Crippen LogP contribution is 2.23. The van der Waals surface area contributed by atoms with Gasteiger partial charge in [-0.05, 0) is 25.0 Å². The number of aromatic nitrogens is 1. The van der Waals surface area contributed by atoms with E-state index in [2.05, 4.69) is 10.3 Å². The van der Waals surface area contributed by atoms with Crippen molar-refractivity contribution in [3.05, 3.63) is 28.5 Å². The highest BCUT2D eigenvalue weighted by atomic mass is 35.5. The summed E-state index contributed by atoms with van der Waals surface area (Å²) in [6, 6.07) is 1.63. The van der Waals surface area contributed by atoms with Crippen molar-refractivity contribution in [3.8, 4) is 0 Å². The lowest BCUT2D eigenvalue weighted by Crippen LogP contribution is -2.28. The molecule has 3 N–H and O–H groups in total. The lowest BCUT2D eigenvalue weighted by atomic mass is 10.00. The van der Waals surface area contributed by atoms with Crippen molar-refractivity contribution >= 4 is 17.5 Å². The molecule has 0 aliphatic heterocycles. The van der Waals surface area contributed by atoms with Gasteiger partial charge in [-0.15, -0.1) is 0 Å². The fourth-order valence-electron chi connectivity index (χ4n) is 1.60. The normalized spacial score (nSPS) is 14.1. The molecule has 100 valence electrons. The highest BCUT2D eigenvalue weighted by molar-refractivity contribution is 6.29. The van der Waals surface area contributed by atoms with E-state index >= 15 is 0 Å². The Morgan fingerprint density at radius 2 is 2.22 bits per heavy atom. The van der Waals surface area contributed by atoms with E-state index in [0.717, 1.165) is 5.56 Å². The second-order valence-corrected chi connectivity index (χ2v) is 4.53. The molecule has 0 radical (unpaired) electrons. The minimum Gasteiger partial charge on any atom is -0.390 e. The Bertz CT molecular complexity index is 426. The molecule has 0 aromatic carbocycles. The van der Waals surface area contributed by atoms with Gasteiger partial charge >= 0.3 is 0 Å². The van der Waals surface area contributed by atoms with Crippen molar-refractivity contribution in [2.75, 3.05) is 6.54 Å². The molecule has 1 rings (SSSR count). The van der Waals surface area contributed by atoms with E-state index in [1.807, 2.05) is 0 Å². The van der Waals surface area contributed by atoms with E-state index in [1.165, 1.54) is 13.1 Å². The van der Waals surface area contributed by atoms with E-state index in [1.54, 1.807) is 13.0 Å². The summed E-state index contributed by atoms with van der Waals surface area (Å²) in [7, 11) is 0. The van der Waals surface area contributed by atoms with Gasteiger partial charge in [0, 0.05) is 25.2 Å². The number of halogens is 1. The van der Waals surface area contributed by atoms with Crippen molar-refractivity contribution in [1.29, 1.82) is 0 Å². The lowest BCUT2D eigenvalue weighted by Gasteiger charge is -2.19. The summed E-state index contributed by atoms with van der Waals surface area (Å²) in [4.78, 5) is 14.6. The standard InChI is InChI=1S/C12H17ClN2O3/c1-7-5-11(13)15-6-9(7)12(18)10(17)3-4-14-8(2)16/h5-6,10,12,17-18H,3-4H2,1-2H3,(H,14,16). The number of carbonyl (C=O) groups is 1. The van der Waals surface area contributed by atoms with Crippen LogP contribution in [0.25, 0.3) is 0 Å². The van der Waals surface area contributed by atoms with Gasteiger partial charge in [0.1, 0.15) is 11.3 Å². The average Bonchev–Trinajstić information content (AvgIpc) is 2.27. The van der Waals surface area contributed by atoms with Gasteiger partial charge in [-0.25, -0.2) is 4.98 Å². The number of hydrogen-bond donors (Lipinski definition) is 3. The number of pyridine rings is 1. The van der Waals surface area contributed by atoms with E-state index in [0.29, 0.717) is 17.3 Å². The molecule has 6 heteroatoms. The maximum Gasteiger partial charge on any atom is 0.216 e. The molecule has 0 spiro atoms. The van der Waals surface area contributed by atoms with Crippen LogP contribution >= 0.6 is 11.6 Å². The number of rotatable bonds is 5. The van der Waals surface area contributed by atoms with Crippen LogP contribution in [0.15, 0.2) is 12.3 Å². The van der Waals surface area contributed by atoms with Crippen LogP contribution in [0.2, 0.25) is 5.15 Å². The molecule has 2 atom stereocenters. The summed E-state index contributed by atoms with van der Waals surface area (Å²) >= 11 is 5.72. The summed E-state index contributed by atoms with van der Waals surface area (Å²) in [6.07, 6.45) is -0.283. The maximum absolute atomic E-state index is 10.7. The molecular formula is C12H17ClN2O3. The molecule has 1 heterocycles. The second kappa shape index (κ2) is 6.68. The first-order valence-electron chi connectivity index (χ1n) is 5.64. The van der Waals surface area contributed by atoms with E-state index < -0.39 is 12.2 Å². The van der Waals surface area contributed by atoms with Crippen LogP contribution in [0.3, 0.4) is 0 Å². The lowest BCUT2D eigenvalue weighted by molar-refractivity contribution is -0.119. The summed E-state index contributed by atoms with van der Waals surface area (Å²) < 4.78 is 0. The van der Waals surface area contributed by atoms with Gasteiger partial charge in [-0.1, -0.05) is 11.6 Å². The molecule has 1 aromatic rings. The molecule has 0 aliphatic rings. The molecule has 0 saturated carbocycles. The number of amides is 1. The maximum atomic E-state index is 10.7. The van der Waals surface area contributed by atoms with Gasteiger partial charge in [-0.2, -0.15) is 0 Å². The van der Waals surface area contributed by atoms with E-state index in [4.69, 9.17) is 11.6 Å². The molecule has 18 heavy (non-hydrogen) atoms. The number of nitrogens with one attached hydrogen (secondary N) is 1. The monoisotopic (exact) mass is 272 g/mol. The zero-order chi connectivity index (χ0) is 13.7. The second-order valence-electron chi connectivity index (χ2n) is 4.15.